The van der Waals surface area contributed by atoms with Crippen LogP contribution < -0.4 is 20.1 Å². The van der Waals surface area contributed by atoms with Crippen LogP contribution in [0.3, 0.4) is 0 Å². The Bertz CT molecular complexity index is 658. The van der Waals surface area contributed by atoms with Crippen LogP contribution >= 0.6 is 0 Å². The number of hydrogen-bond donors (Lipinski definition) is 2. The Kier molecular flexibility index (Phi) is 6.06. The van der Waals surface area contributed by atoms with Gasteiger partial charge in [-0.3, -0.25) is 4.68 Å². The number of nitrogens with zero attached hydrogens (tertiary/aromatic N) is 2. The molecule has 1 aromatic heterocycles. The van der Waals surface area contributed by atoms with Gasteiger partial charge < -0.3 is 20.1 Å². The highest BCUT2D eigenvalue weighted by Gasteiger charge is 2.14. The third-order valence-electron chi connectivity index (χ3n) is 3.65. The van der Waals surface area contributed by atoms with E-state index in [1.165, 1.54) is 0 Å². The van der Waals surface area contributed by atoms with Gasteiger partial charge in [-0.25, -0.2) is 4.79 Å². The standard InChI is InChI=1S/C17H24N4O3/c1-12(11-21-9-5-8-18-21)19-17(22)20-13(2)14-6-7-15(23-3)16(10-14)24-4/h5-10,12-13H,11H2,1-4H3,(H2,19,20,22)/t12-,13-/m1/s1. The summed E-state index contributed by atoms with van der Waals surface area (Å²) in [5, 5.41) is 9.95. The molecule has 0 aliphatic carbocycles. The van der Waals surface area contributed by atoms with Gasteiger partial charge in [0, 0.05) is 18.4 Å². The second kappa shape index (κ2) is 8.24. The van der Waals surface area contributed by atoms with E-state index in [4.69, 9.17) is 9.47 Å². The summed E-state index contributed by atoms with van der Waals surface area (Å²) in [4.78, 5) is 12.1. The number of carbonyl (C=O) groups is 1. The van der Waals surface area contributed by atoms with Crippen molar-refractivity contribution >= 4 is 6.03 Å². The summed E-state index contributed by atoms with van der Waals surface area (Å²) < 4.78 is 12.3. The third-order valence-corrected chi connectivity index (χ3v) is 3.65. The number of hydrogen-bond acceptors (Lipinski definition) is 4. The van der Waals surface area contributed by atoms with Crippen LogP contribution in [0.15, 0.2) is 36.7 Å². The molecule has 24 heavy (non-hydrogen) atoms. The maximum atomic E-state index is 12.1. The molecule has 0 fully saturated rings. The lowest BCUT2D eigenvalue weighted by Crippen LogP contribution is -2.43. The number of amides is 2. The minimum atomic E-state index is -0.225. The number of aromatic nitrogens is 2. The highest BCUT2D eigenvalue weighted by molar-refractivity contribution is 5.74. The molecule has 1 heterocycles. The summed E-state index contributed by atoms with van der Waals surface area (Å²) in [6.07, 6.45) is 3.58. The number of rotatable bonds is 7. The van der Waals surface area contributed by atoms with Crippen molar-refractivity contribution in [3.8, 4) is 11.5 Å². The Labute approximate surface area is 142 Å². The van der Waals surface area contributed by atoms with Crippen LogP contribution in [0.1, 0.15) is 25.5 Å². The molecule has 0 aliphatic heterocycles. The van der Waals surface area contributed by atoms with Crippen LogP contribution in [0, 0.1) is 0 Å². The van der Waals surface area contributed by atoms with Crippen molar-refractivity contribution in [2.45, 2.75) is 32.5 Å². The molecule has 0 bridgehead atoms. The van der Waals surface area contributed by atoms with Crippen molar-refractivity contribution in [2.24, 2.45) is 0 Å². The topological polar surface area (TPSA) is 77.4 Å². The third kappa shape index (κ3) is 4.65. The minimum absolute atomic E-state index is 0.0393. The molecule has 0 aliphatic rings. The van der Waals surface area contributed by atoms with Crippen molar-refractivity contribution in [1.29, 1.82) is 0 Å². The normalized spacial score (nSPS) is 13.0. The van der Waals surface area contributed by atoms with Crippen LogP contribution in [0.2, 0.25) is 0 Å². The van der Waals surface area contributed by atoms with Crippen molar-refractivity contribution in [1.82, 2.24) is 20.4 Å². The van der Waals surface area contributed by atoms with Gasteiger partial charge in [0.2, 0.25) is 0 Å². The first-order valence-corrected chi connectivity index (χ1v) is 7.80. The fourth-order valence-corrected chi connectivity index (χ4v) is 2.40. The first kappa shape index (κ1) is 17.7. The van der Waals surface area contributed by atoms with E-state index in [2.05, 4.69) is 15.7 Å². The summed E-state index contributed by atoms with van der Waals surface area (Å²) in [5.41, 5.74) is 0.933. The summed E-state index contributed by atoms with van der Waals surface area (Å²) in [7, 11) is 3.18. The molecular formula is C17H24N4O3. The van der Waals surface area contributed by atoms with Crippen LogP contribution in [0.4, 0.5) is 4.79 Å². The van der Waals surface area contributed by atoms with Gasteiger partial charge in [-0.1, -0.05) is 6.07 Å². The van der Waals surface area contributed by atoms with E-state index in [1.807, 2.05) is 44.3 Å². The summed E-state index contributed by atoms with van der Waals surface area (Å²) in [5.74, 6) is 1.29. The molecule has 2 N–H and O–H groups in total. The van der Waals surface area contributed by atoms with Gasteiger partial charge in [0.25, 0.3) is 0 Å². The summed E-state index contributed by atoms with van der Waals surface area (Å²) >= 11 is 0. The molecule has 0 spiro atoms. The van der Waals surface area contributed by atoms with Crippen LogP contribution in [-0.2, 0) is 6.54 Å². The predicted molar refractivity (Wildman–Crippen MR) is 91.3 cm³/mol. The predicted octanol–water partition coefficient (Wildman–Crippen LogP) is 2.35. The lowest BCUT2D eigenvalue weighted by Gasteiger charge is -2.19. The molecule has 2 amide bonds. The fourth-order valence-electron chi connectivity index (χ4n) is 2.40. The maximum Gasteiger partial charge on any atom is 0.315 e. The molecule has 0 radical (unpaired) electrons. The molecule has 2 aromatic rings. The molecule has 7 nitrogen and oxygen atoms in total. The zero-order valence-electron chi connectivity index (χ0n) is 14.4. The van der Waals surface area contributed by atoms with E-state index in [-0.39, 0.29) is 18.1 Å². The van der Waals surface area contributed by atoms with Crippen molar-refractivity contribution in [3.05, 3.63) is 42.2 Å². The summed E-state index contributed by atoms with van der Waals surface area (Å²) in [6, 6.07) is 7.01. The second-order valence-corrected chi connectivity index (χ2v) is 5.58. The molecule has 7 heteroatoms. The number of ether oxygens (including phenoxy) is 2. The van der Waals surface area contributed by atoms with E-state index in [0.29, 0.717) is 18.0 Å². The van der Waals surface area contributed by atoms with E-state index in [9.17, 15) is 4.79 Å². The Morgan fingerprint density at radius 3 is 2.58 bits per heavy atom. The molecule has 2 atom stereocenters. The largest absolute Gasteiger partial charge is 0.493 e. The van der Waals surface area contributed by atoms with Gasteiger partial charge >= 0.3 is 6.03 Å². The van der Waals surface area contributed by atoms with E-state index >= 15 is 0 Å². The Hall–Kier alpha value is -2.70. The molecule has 0 saturated carbocycles. The fraction of sp³-hybridized carbons (Fsp3) is 0.412. The van der Waals surface area contributed by atoms with Crippen molar-refractivity contribution in [3.63, 3.8) is 0 Å². The SMILES string of the molecule is COc1ccc([C@@H](C)NC(=O)N[C@H](C)Cn2cccn2)cc1OC. The first-order valence-electron chi connectivity index (χ1n) is 7.80. The number of methoxy groups -OCH3 is 2. The summed E-state index contributed by atoms with van der Waals surface area (Å²) in [6.45, 7) is 4.46. The lowest BCUT2D eigenvalue weighted by molar-refractivity contribution is 0.233. The molecule has 0 unspecified atom stereocenters. The van der Waals surface area contributed by atoms with Crippen molar-refractivity contribution in [2.75, 3.05) is 14.2 Å². The van der Waals surface area contributed by atoms with E-state index in [0.717, 1.165) is 5.56 Å². The number of nitrogens with one attached hydrogen (secondary N) is 2. The van der Waals surface area contributed by atoms with Crippen molar-refractivity contribution < 1.29 is 14.3 Å². The van der Waals surface area contributed by atoms with Gasteiger partial charge in [-0.2, -0.15) is 5.10 Å². The zero-order chi connectivity index (χ0) is 17.5. The van der Waals surface area contributed by atoms with E-state index < -0.39 is 0 Å². The number of carbonyl (C=O) groups excluding carboxylic acids is 1. The number of urea groups is 1. The monoisotopic (exact) mass is 332 g/mol. The minimum Gasteiger partial charge on any atom is -0.493 e. The molecule has 1 aromatic carbocycles. The zero-order valence-corrected chi connectivity index (χ0v) is 14.4. The van der Waals surface area contributed by atoms with Gasteiger partial charge in [0.05, 0.1) is 26.8 Å². The van der Waals surface area contributed by atoms with Crippen LogP contribution in [0.25, 0.3) is 0 Å². The molecule has 2 rings (SSSR count). The Morgan fingerprint density at radius 2 is 1.96 bits per heavy atom. The molecular weight excluding hydrogens is 308 g/mol. The molecule has 0 saturated heterocycles. The average Bonchev–Trinajstić information content (AvgIpc) is 3.06. The number of benzene rings is 1. The van der Waals surface area contributed by atoms with Gasteiger partial charge in [0.15, 0.2) is 11.5 Å². The maximum absolute atomic E-state index is 12.1. The second-order valence-electron chi connectivity index (χ2n) is 5.58. The average molecular weight is 332 g/mol. The first-order chi connectivity index (χ1) is 11.5. The van der Waals surface area contributed by atoms with Crippen LogP contribution in [0.5, 0.6) is 11.5 Å². The Balaban J connectivity index is 1.91. The highest BCUT2D eigenvalue weighted by atomic mass is 16.5. The van der Waals surface area contributed by atoms with Gasteiger partial charge in [-0.15, -0.1) is 0 Å². The lowest BCUT2D eigenvalue weighted by atomic mass is 10.1. The van der Waals surface area contributed by atoms with Gasteiger partial charge in [-0.05, 0) is 37.6 Å². The smallest absolute Gasteiger partial charge is 0.315 e. The quantitative estimate of drug-likeness (QED) is 0.816. The van der Waals surface area contributed by atoms with Gasteiger partial charge in [0.1, 0.15) is 0 Å². The molecule has 130 valence electrons. The van der Waals surface area contributed by atoms with Crippen LogP contribution in [-0.4, -0.2) is 36.1 Å². The van der Waals surface area contributed by atoms with E-state index in [1.54, 1.807) is 25.1 Å². The highest BCUT2D eigenvalue weighted by Crippen LogP contribution is 2.29. The Morgan fingerprint density at radius 1 is 1.21 bits per heavy atom.